The van der Waals surface area contributed by atoms with Crippen molar-refractivity contribution in [1.29, 1.82) is 0 Å². The number of quaternary nitrogens is 1. The number of aliphatic hydroxyl groups is 1. The number of unbranched alkanes of at least 4 members (excludes halogenated alkanes) is 34. The zero-order valence-corrected chi connectivity index (χ0v) is 46.5. The van der Waals surface area contributed by atoms with Gasteiger partial charge in [-0.15, -0.1) is 0 Å². The Labute approximate surface area is 422 Å². The van der Waals surface area contributed by atoms with Crippen LogP contribution in [0.3, 0.4) is 0 Å². The Balaban J connectivity index is 4.16. The van der Waals surface area contributed by atoms with Gasteiger partial charge >= 0.3 is 7.82 Å². The fourth-order valence-electron chi connectivity index (χ4n) is 8.42. The van der Waals surface area contributed by atoms with E-state index in [1.54, 1.807) is 6.08 Å². The van der Waals surface area contributed by atoms with E-state index < -0.39 is 20.0 Å². The highest BCUT2D eigenvalue weighted by molar-refractivity contribution is 7.47. The number of allylic oxidation sites excluding steroid dienone is 7. The molecule has 0 radical (unpaired) electrons. The van der Waals surface area contributed by atoms with Crippen LogP contribution >= 0.6 is 7.82 Å². The number of hydrogen-bond donors (Lipinski definition) is 3. The summed E-state index contributed by atoms with van der Waals surface area (Å²) in [6.45, 7) is 4.80. The summed E-state index contributed by atoms with van der Waals surface area (Å²) < 4.78 is 23.7. The Morgan fingerprint density at radius 3 is 1.18 bits per heavy atom. The van der Waals surface area contributed by atoms with Gasteiger partial charge in [0.15, 0.2) is 0 Å². The smallest absolute Gasteiger partial charge is 0.387 e. The second kappa shape index (κ2) is 50.4. The van der Waals surface area contributed by atoms with Crippen LogP contribution in [0.25, 0.3) is 0 Å². The topological polar surface area (TPSA) is 105 Å². The van der Waals surface area contributed by atoms with E-state index in [2.05, 4.69) is 55.6 Å². The van der Waals surface area contributed by atoms with Gasteiger partial charge < -0.3 is 19.8 Å². The predicted molar refractivity (Wildman–Crippen MR) is 295 cm³/mol. The molecule has 0 aliphatic carbocycles. The van der Waals surface area contributed by atoms with Gasteiger partial charge in [-0.25, -0.2) is 4.57 Å². The van der Waals surface area contributed by atoms with Gasteiger partial charge in [-0.1, -0.05) is 242 Å². The van der Waals surface area contributed by atoms with E-state index in [0.29, 0.717) is 17.4 Å². The Morgan fingerprint density at radius 1 is 0.485 bits per heavy atom. The fraction of sp³-hybridized carbons (Fsp3) is 0.847. The van der Waals surface area contributed by atoms with Gasteiger partial charge in [-0.2, -0.15) is 0 Å². The maximum Gasteiger partial charge on any atom is 0.472 e. The lowest BCUT2D eigenvalue weighted by Crippen LogP contribution is -2.45. The van der Waals surface area contributed by atoms with Gasteiger partial charge in [0.2, 0.25) is 5.91 Å². The Kier molecular flexibility index (Phi) is 49.3. The van der Waals surface area contributed by atoms with Crippen LogP contribution in [0.4, 0.5) is 0 Å². The minimum atomic E-state index is -4.36. The number of nitrogens with one attached hydrogen (secondary N) is 1. The maximum atomic E-state index is 13.0. The van der Waals surface area contributed by atoms with Crippen LogP contribution in [-0.2, 0) is 18.4 Å². The summed E-state index contributed by atoms with van der Waals surface area (Å²) in [5.74, 6) is -0.188. The minimum absolute atomic E-state index is 0.0538. The number of nitrogens with zero attached hydrogens (tertiary/aromatic N) is 1. The molecule has 400 valence electrons. The first-order chi connectivity index (χ1) is 33.0. The summed E-state index contributed by atoms with van der Waals surface area (Å²) in [7, 11) is 1.55. The zero-order valence-electron chi connectivity index (χ0n) is 45.6. The van der Waals surface area contributed by atoms with Crippen LogP contribution < -0.4 is 5.32 Å². The standard InChI is InChI=1S/C59H113N2O6P/c1-6-8-10-12-14-16-18-20-22-24-25-26-27-28-29-30-31-32-33-34-35-37-39-41-43-45-47-49-51-53-59(63)60-57(56-67-68(64,65)66-55-54-61(3,4)5)58(62)52-50-48-46-44-42-40-38-36-23-21-19-17-15-13-11-9-7-2/h23-25,36,42,44,50,52,57-58,62H,6-22,26-35,37-41,43,45-49,51,53-56H2,1-5H3,(H-,60,63,64,65)/p+1/b25-24-,36-23+,44-42+,52-50+. The molecule has 68 heavy (non-hydrogen) atoms. The molecule has 0 aliphatic rings. The van der Waals surface area contributed by atoms with Gasteiger partial charge in [0.05, 0.1) is 39.9 Å². The highest BCUT2D eigenvalue weighted by atomic mass is 31.2. The van der Waals surface area contributed by atoms with E-state index in [0.717, 1.165) is 44.9 Å². The van der Waals surface area contributed by atoms with Crippen LogP contribution in [0.1, 0.15) is 271 Å². The molecule has 0 fully saturated rings. The average molecular weight is 979 g/mol. The van der Waals surface area contributed by atoms with E-state index in [9.17, 15) is 19.4 Å². The van der Waals surface area contributed by atoms with Crippen molar-refractivity contribution in [3.05, 3.63) is 48.6 Å². The molecule has 3 N–H and O–H groups in total. The summed E-state index contributed by atoms with van der Waals surface area (Å²) in [6, 6.07) is -0.869. The molecule has 0 saturated heterocycles. The van der Waals surface area contributed by atoms with E-state index >= 15 is 0 Å². The Morgan fingerprint density at radius 2 is 0.809 bits per heavy atom. The molecule has 0 aliphatic heterocycles. The third-order valence-electron chi connectivity index (χ3n) is 13.0. The van der Waals surface area contributed by atoms with Crippen molar-refractivity contribution in [2.45, 2.75) is 283 Å². The van der Waals surface area contributed by atoms with Crippen molar-refractivity contribution >= 4 is 13.7 Å². The normalized spacial score (nSPS) is 14.3. The van der Waals surface area contributed by atoms with Crippen molar-refractivity contribution in [3.8, 4) is 0 Å². The molecule has 9 heteroatoms. The number of phosphoric acid groups is 1. The molecule has 0 heterocycles. The van der Waals surface area contributed by atoms with E-state index in [1.807, 2.05) is 27.2 Å². The lowest BCUT2D eigenvalue weighted by Gasteiger charge is -2.25. The van der Waals surface area contributed by atoms with Crippen LogP contribution in [0.2, 0.25) is 0 Å². The van der Waals surface area contributed by atoms with Crippen molar-refractivity contribution in [2.75, 3.05) is 40.9 Å². The highest BCUT2D eigenvalue weighted by Crippen LogP contribution is 2.43. The van der Waals surface area contributed by atoms with Crippen LogP contribution in [0, 0.1) is 0 Å². The fourth-order valence-corrected chi connectivity index (χ4v) is 9.16. The van der Waals surface area contributed by atoms with Gasteiger partial charge in [0.25, 0.3) is 0 Å². The van der Waals surface area contributed by atoms with Gasteiger partial charge in [0, 0.05) is 6.42 Å². The maximum absolute atomic E-state index is 13.0. The number of aliphatic hydroxyl groups excluding tert-OH is 1. The molecule has 3 unspecified atom stereocenters. The van der Waals surface area contributed by atoms with Gasteiger partial charge in [0.1, 0.15) is 13.2 Å². The van der Waals surface area contributed by atoms with Gasteiger partial charge in [-0.05, 0) is 70.6 Å². The number of likely N-dealkylation sites (N-methyl/N-ethyl adjacent to an activating group) is 1. The second-order valence-corrected chi connectivity index (χ2v) is 22.4. The van der Waals surface area contributed by atoms with Crippen molar-refractivity contribution in [1.82, 2.24) is 5.32 Å². The third-order valence-corrected chi connectivity index (χ3v) is 14.0. The van der Waals surface area contributed by atoms with Crippen molar-refractivity contribution in [2.24, 2.45) is 0 Å². The first-order valence-electron chi connectivity index (χ1n) is 29.0. The van der Waals surface area contributed by atoms with E-state index in [4.69, 9.17) is 9.05 Å². The quantitative estimate of drug-likeness (QED) is 0.0243. The van der Waals surface area contributed by atoms with E-state index in [-0.39, 0.29) is 19.1 Å². The first kappa shape index (κ1) is 66.5. The molecule has 0 aromatic rings. The number of carbonyl (C=O) groups excluding carboxylic acids is 1. The average Bonchev–Trinajstić information content (AvgIpc) is 3.30. The lowest BCUT2D eigenvalue weighted by atomic mass is 10.0. The van der Waals surface area contributed by atoms with E-state index in [1.165, 1.54) is 205 Å². The van der Waals surface area contributed by atoms with Crippen LogP contribution in [-0.4, -0.2) is 73.4 Å². The molecular weight excluding hydrogens is 864 g/mol. The SMILES string of the molecule is CCCCCCCCC/C=C/CC/C=C/CC/C=C/C(O)C(COP(=O)(O)OCC[N+](C)(C)C)NC(=O)CCCCCCCCCCCCCCCCCCC/C=C\CCCCCCCCCC. The molecular formula is C59H114N2O6P+. The Hall–Kier alpha value is -1.54. The number of amides is 1. The summed E-state index contributed by atoms with van der Waals surface area (Å²) >= 11 is 0. The molecule has 3 atom stereocenters. The third kappa shape index (κ3) is 52.3. The summed E-state index contributed by atoms with van der Waals surface area (Å²) in [5, 5.41) is 13.9. The molecule has 0 spiro atoms. The molecule has 1 amide bonds. The summed E-state index contributed by atoms with van der Waals surface area (Å²) in [5.41, 5.74) is 0. The van der Waals surface area contributed by atoms with Crippen LogP contribution in [0.5, 0.6) is 0 Å². The van der Waals surface area contributed by atoms with Crippen LogP contribution in [0.15, 0.2) is 48.6 Å². The minimum Gasteiger partial charge on any atom is -0.387 e. The molecule has 8 nitrogen and oxygen atoms in total. The largest absolute Gasteiger partial charge is 0.472 e. The Bertz CT molecular complexity index is 1250. The van der Waals surface area contributed by atoms with Crippen molar-refractivity contribution < 1.29 is 32.9 Å². The molecule has 0 saturated carbocycles. The molecule has 0 aromatic heterocycles. The zero-order chi connectivity index (χ0) is 49.9. The monoisotopic (exact) mass is 978 g/mol. The second-order valence-electron chi connectivity index (χ2n) is 21.0. The molecule has 0 aromatic carbocycles. The summed E-state index contributed by atoms with van der Waals surface area (Å²) in [4.78, 5) is 23.3. The molecule has 0 rings (SSSR count). The molecule has 0 bridgehead atoms. The lowest BCUT2D eigenvalue weighted by molar-refractivity contribution is -0.870. The summed E-state index contributed by atoms with van der Waals surface area (Å²) in [6.07, 6.45) is 66.5. The number of carbonyl (C=O) groups is 1. The van der Waals surface area contributed by atoms with Gasteiger partial charge in [-0.3, -0.25) is 13.8 Å². The number of phosphoric ester groups is 1. The number of rotatable bonds is 53. The van der Waals surface area contributed by atoms with Crippen molar-refractivity contribution in [3.63, 3.8) is 0 Å². The predicted octanol–water partition coefficient (Wildman–Crippen LogP) is 17.5. The first-order valence-corrected chi connectivity index (χ1v) is 30.5. The number of hydrogen-bond acceptors (Lipinski definition) is 5. The highest BCUT2D eigenvalue weighted by Gasteiger charge is 2.27.